The summed E-state index contributed by atoms with van der Waals surface area (Å²) in [7, 11) is -7.96. The molecule has 250 valence electrons. The number of piperidine rings is 1. The molecule has 45 heavy (non-hydrogen) atoms. The standard InChI is InChI=1S/C32H50N5O6PS/c1-32(2,26-13-7-5-8-14-26)27-15-10-16-28(24-27)45(42,43)36-29(17-11-20-35-31(33)34)30(38)37-21-18-25(19-22-37)12-6-3-4-9-23-44(39,40)41/h5,7-8,10,13-16,24-25,29,36H,3-4,6,9,11-12,17-23H2,1-2H3,(H4,33,34,35)(H2,39,40,41)/t29-/m0/s1. The Morgan fingerprint density at radius 1 is 1.00 bits per heavy atom. The molecule has 1 heterocycles. The van der Waals surface area contributed by atoms with E-state index in [1.165, 1.54) is 0 Å². The highest BCUT2D eigenvalue weighted by Gasteiger charge is 2.32. The number of guanidine groups is 1. The summed E-state index contributed by atoms with van der Waals surface area (Å²) in [5.74, 6) is 0.156. The van der Waals surface area contributed by atoms with E-state index in [4.69, 9.17) is 21.3 Å². The van der Waals surface area contributed by atoms with Gasteiger partial charge >= 0.3 is 7.60 Å². The number of carbonyl (C=O) groups is 1. The van der Waals surface area contributed by atoms with Gasteiger partial charge in [0.15, 0.2) is 5.96 Å². The number of aliphatic imine (C=N–C) groups is 1. The van der Waals surface area contributed by atoms with Crippen LogP contribution < -0.4 is 16.2 Å². The van der Waals surface area contributed by atoms with Crippen molar-refractivity contribution in [3.63, 3.8) is 0 Å². The topological polar surface area (TPSA) is 188 Å². The van der Waals surface area contributed by atoms with Crippen molar-refractivity contribution in [3.05, 3.63) is 65.7 Å². The van der Waals surface area contributed by atoms with Crippen LogP contribution >= 0.6 is 7.60 Å². The Morgan fingerprint density at radius 2 is 1.64 bits per heavy atom. The van der Waals surface area contributed by atoms with Gasteiger partial charge in [-0.15, -0.1) is 0 Å². The highest BCUT2D eigenvalue weighted by atomic mass is 32.2. The minimum atomic E-state index is -4.03. The van der Waals surface area contributed by atoms with Gasteiger partial charge in [0.05, 0.1) is 4.90 Å². The van der Waals surface area contributed by atoms with Crippen LogP contribution in [-0.2, 0) is 24.8 Å². The van der Waals surface area contributed by atoms with Crippen LogP contribution in [0, 0.1) is 5.92 Å². The zero-order valence-electron chi connectivity index (χ0n) is 26.5. The molecule has 1 amide bonds. The molecule has 13 heteroatoms. The summed E-state index contributed by atoms with van der Waals surface area (Å²) < 4.78 is 41.1. The Bertz CT molecular complexity index is 1420. The molecule has 7 N–H and O–H groups in total. The molecule has 1 aliphatic heterocycles. The van der Waals surface area contributed by atoms with Crippen LogP contribution in [0.15, 0.2) is 64.5 Å². The Kier molecular flexibility index (Phi) is 13.6. The fourth-order valence-corrected chi connectivity index (χ4v) is 7.74. The smallest absolute Gasteiger partial charge is 0.325 e. The maximum absolute atomic E-state index is 13.7. The van der Waals surface area contributed by atoms with Gasteiger partial charge in [0.1, 0.15) is 6.04 Å². The highest BCUT2D eigenvalue weighted by molar-refractivity contribution is 7.89. The first kappa shape index (κ1) is 36.7. The third kappa shape index (κ3) is 11.8. The van der Waals surface area contributed by atoms with Gasteiger partial charge in [0.2, 0.25) is 15.9 Å². The predicted molar refractivity (Wildman–Crippen MR) is 178 cm³/mol. The van der Waals surface area contributed by atoms with E-state index >= 15 is 0 Å². The number of carbonyl (C=O) groups excluding carboxylic acids is 1. The largest absolute Gasteiger partial charge is 0.370 e. The monoisotopic (exact) mass is 663 g/mol. The number of benzene rings is 2. The van der Waals surface area contributed by atoms with E-state index < -0.39 is 29.1 Å². The molecule has 0 saturated carbocycles. The van der Waals surface area contributed by atoms with Gasteiger partial charge in [-0.3, -0.25) is 14.4 Å². The van der Waals surface area contributed by atoms with Gasteiger partial charge < -0.3 is 26.2 Å². The lowest BCUT2D eigenvalue weighted by molar-refractivity contribution is -0.134. The molecule has 0 radical (unpaired) electrons. The molecule has 2 aromatic carbocycles. The Hall–Kier alpha value is -2.76. The molecule has 3 rings (SSSR count). The Balaban J connectivity index is 1.65. The fraction of sp³-hybridized carbons (Fsp3) is 0.562. The van der Waals surface area contributed by atoms with Gasteiger partial charge in [-0.1, -0.05) is 82.0 Å². The number of rotatable bonds is 17. The van der Waals surface area contributed by atoms with Crippen molar-refractivity contribution in [1.29, 1.82) is 0 Å². The van der Waals surface area contributed by atoms with E-state index in [-0.39, 0.29) is 35.9 Å². The second-order valence-corrected chi connectivity index (χ2v) is 16.0. The first-order chi connectivity index (χ1) is 21.2. The third-order valence-electron chi connectivity index (χ3n) is 8.64. The molecule has 1 atom stereocenters. The van der Waals surface area contributed by atoms with Crippen molar-refractivity contribution >= 4 is 29.5 Å². The summed E-state index contributed by atoms with van der Waals surface area (Å²) in [6.07, 6.45) is 6.48. The summed E-state index contributed by atoms with van der Waals surface area (Å²) in [5.41, 5.74) is 12.4. The molecule has 0 bridgehead atoms. The van der Waals surface area contributed by atoms with Crippen molar-refractivity contribution in [2.24, 2.45) is 22.4 Å². The van der Waals surface area contributed by atoms with Crippen molar-refractivity contribution in [2.75, 3.05) is 25.8 Å². The zero-order chi connectivity index (χ0) is 33.1. The predicted octanol–water partition coefficient (Wildman–Crippen LogP) is 4.08. The summed E-state index contributed by atoms with van der Waals surface area (Å²) in [6, 6.07) is 15.8. The van der Waals surface area contributed by atoms with E-state index in [1.807, 2.05) is 50.2 Å². The Morgan fingerprint density at radius 3 is 2.29 bits per heavy atom. The molecular formula is C32H50N5O6PS. The maximum Gasteiger partial charge on any atom is 0.325 e. The molecule has 0 aromatic heterocycles. The minimum Gasteiger partial charge on any atom is -0.370 e. The van der Waals surface area contributed by atoms with Crippen LogP contribution in [0.4, 0.5) is 0 Å². The van der Waals surface area contributed by atoms with Gasteiger partial charge in [-0.05, 0) is 61.3 Å². The number of hydrogen-bond acceptors (Lipinski definition) is 5. The van der Waals surface area contributed by atoms with Gasteiger partial charge in [-0.2, -0.15) is 4.72 Å². The lowest BCUT2D eigenvalue weighted by Crippen LogP contribution is -2.50. The number of nitrogens with two attached hydrogens (primary N) is 2. The lowest BCUT2D eigenvalue weighted by Gasteiger charge is -2.34. The van der Waals surface area contributed by atoms with Crippen LogP contribution in [0.5, 0.6) is 0 Å². The summed E-state index contributed by atoms with van der Waals surface area (Å²) in [5, 5.41) is 0. The quantitative estimate of drug-likeness (QED) is 0.0724. The maximum atomic E-state index is 13.7. The lowest BCUT2D eigenvalue weighted by atomic mass is 9.78. The van der Waals surface area contributed by atoms with Crippen molar-refractivity contribution < 1.29 is 27.6 Å². The molecule has 1 aliphatic rings. The van der Waals surface area contributed by atoms with Crippen LogP contribution in [0.3, 0.4) is 0 Å². The molecular weight excluding hydrogens is 613 g/mol. The second kappa shape index (κ2) is 16.7. The van der Waals surface area contributed by atoms with Gasteiger partial charge in [-0.25, -0.2) is 8.42 Å². The second-order valence-electron chi connectivity index (χ2n) is 12.5. The normalized spacial score (nSPS) is 15.5. The van der Waals surface area contributed by atoms with Crippen LogP contribution in [0.25, 0.3) is 0 Å². The van der Waals surface area contributed by atoms with E-state index in [2.05, 4.69) is 9.71 Å². The number of likely N-dealkylation sites (tertiary alicyclic amines) is 1. The minimum absolute atomic E-state index is 0.0554. The van der Waals surface area contributed by atoms with Gasteiger partial charge in [0.25, 0.3) is 0 Å². The summed E-state index contributed by atoms with van der Waals surface area (Å²) >= 11 is 0. The van der Waals surface area contributed by atoms with Crippen LogP contribution in [0.2, 0.25) is 0 Å². The van der Waals surface area contributed by atoms with Crippen molar-refractivity contribution in [3.8, 4) is 0 Å². The number of amides is 1. The number of unbranched alkanes of at least 4 members (excludes halogenated alkanes) is 3. The van der Waals surface area contributed by atoms with E-state index in [0.29, 0.717) is 31.8 Å². The fourth-order valence-electron chi connectivity index (χ4n) is 5.83. The molecule has 2 aromatic rings. The molecule has 11 nitrogen and oxygen atoms in total. The van der Waals surface area contributed by atoms with E-state index in [1.54, 1.807) is 23.1 Å². The van der Waals surface area contributed by atoms with E-state index in [0.717, 1.165) is 49.7 Å². The van der Waals surface area contributed by atoms with Crippen LogP contribution in [-0.4, -0.2) is 66.8 Å². The van der Waals surface area contributed by atoms with Crippen molar-refractivity contribution in [1.82, 2.24) is 9.62 Å². The average Bonchev–Trinajstić information content (AvgIpc) is 3.00. The number of nitrogens with one attached hydrogen (secondary N) is 1. The van der Waals surface area contributed by atoms with E-state index in [9.17, 15) is 17.8 Å². The number of nitrogens with zero attached hydrogens (tertiary/aromatic N) is 2. The molecule has 0 spiro atoms. The third-order valence-corrected chi connectivity index (χ3v) is 11.0. The first-order valence-corrected chi connectivity index (χ1v) is 19.0. The SMILES string of the molecule is CC(C)(c1ccccc1)c1cccc(S(=O)(=O)N[C@@H](CCCN=C(N)N)C(=O)N2CCC(CCCCCCP(=O)(O)O)CC2)c1. The summed E-state index contributed by atoms with van der Waals surface area (Å²) in [6.45, 7) is 5.48. The average molecular weight is 664 g/mol. The van der Waals surface area contributed by atoms with Crippen LogP contribution in [0.1, 0.15) is 82.8 Å². The molecule has 1 saturated heterocycles. The Labute approximate surface area is 268 Å². The molecule has 0 unspecified atom stereocenters. The number of hydrogen-bond donors (Lipinski definition) is 5. The first-order valence-electron chi connectivity index (χ1n) is 15.8. The molecule has 1 fully saturated rings. The molecule has 0 aliphatic carbocycles. The van der Waals surface area contributed by atoms with Gasteiger partial charge in [0, 0.05) is 31.2 Å². The summed E-state index contributed by atoms with van der Waals surface area (Å²) in [4.78, 5) is 37.5. The number of sulfonamides is 1. The highest BCUT2D eigenvalue weighted by Crippen LogP contribution is 2.36. The van der Waals surface area contributed by atoms with Crippen molar-refractivity contribution in [2.45, 2.75) is 88.0 Å². The zero-order valence-corrected chi connectivity index (χ0v) is 28.2.